The predicted molar refractivity (Wildman–Crippen MR) is 96.3 cm³/mol. The zero-order valence-corrected chi connectivity index (χ0v) is 16.3. The summed E-state index contributed by atoms with van der Waals surface area (Å²) in [7, 11) is 0. The van der Waals surface area contributed by atoms with Gasteiger partial charge in [0.15, 0.2) is 0 Å². The van der Waals surface area contributed by atoms with Gasteiger partial charge in [0.25, 0.3) is 0 Å². The molecular weight excluding hydrogens is 393 g/mol. The number of halogens is 3. The molecule has 29 heavy (non-hydrogen) atoms. The van der Waals surface area contributed by atoms with Gasteiger partial charge in [0.2, 0.25) is 5.89 Å². The van der Waals surface area contributed by atoms with Gasteiger partial charge in [-0.15, -0.1) is 18.3 Å². The normalized spacial score (nSPS) is 16.2. The van der Waals surface area contributed by atoms with Gasteiger partial charge in [0, 0.05) is 18.7 Å². The Kier molecular flexibility index (Phi) is 5.10. The minimum atomic E-state index is -4.76. The van der Waals surface area contributed by atoms with E-state index in [1.165, 1.54) is 12.1 Å². The first kappa shape index (κ1) is 20.7. The molecule has 1 aromatic heterocycles. The van der Waals surface area contributed by atoms with Gasteiger partial charge in [0.1, 0.15) is 11.4 Å². The van der Waals surface area contributed by atoms with Gasteiger partial charge >= 0.3 is 18.5 Å². The van der Waals surface area contributed by atoms with Crippen LogP contribution in [0.4, 0.5) is 24.0 Å². The molecule has 1 aromatic carbocycles. The average Bonchev–Trinajstić information content (AvgIpc) is 2.98. The number of nitrogens with one attached hydrogen (secondary N) is 1. The lowest BCUT2D eigenvalue weighted by Gasteiger charge is -2.47. The highest BCUT2D eigenvalue weighted by molar-refractivity contribution is 5.70. The molecule has 1 saturated heterocycles. The molecule has 0 unspecified atom stereocenters. The molecule has 0 aliphatic carbocycles. The highest BCUT2D eigenvalue weighted by atomic mass is 19.4. The van der Waals surface area contributed by atoms with Crippen molar-refractivity contribution in [3.8, 4) is 17.2 Å². The van der Waals surface area contributed by atoms with Crippen LogP contribution in [0.15, 0.2) is 28.7 Å². The van der Waals surface area contributed by atoms with Gasteiger partial charge in [0.05, 0.1) is 5.54 Å². The van der Waals surface area contributed by atoms with Crippen LogP contribution < -0.4 is 10.1 Å². The smallest absolute Gasteiger partial charge is 0.444 e. The second-order valence-electron chi connectivity index (χ2n) is 8.01. The molecule has 0 bridgehead atoms. The number of rotatable bonds is 4. The number of alkyl halides is 3. The van der Waals surface area contributed by atoms with E-state index in [9.17, 15) is 18.0 Å². The lowest BCUT2D eigenvalue weighted by atomic mass is 9.93. The van der Waals surface area contributed by atoms with E-state index in [-0.39, 0.29) is 17.7 Å². The topological polar surface area (TPSA) is 89.7 Å². The second kappa shape index (κ2) is 7.12. The number of carbonyl (C=O) groups excluding carboxylic acids is 1. The summed E-state index contributed by atoms with van der Waals surface area (Å²) in [4.78, 5) is 13.6. The molecule has 1 fully saturated rings. The fourth-order valence-electron chi connectivity index (χ4n) is 2.78. The molecule has 2 aromatic rings. The monoisotopic (exact) mass is 414 g/mol. The van der Waals surface area contributed by atoms with Crippen molar-refractivity contribution in [1.82, 2.24) is 15.1 Å². The maximum Gasteiger partial charge on any atom is 0.573 e. The molecule has 0 atom stereocenters. The van der Waals surface area contributed by atoms with E-state index in [2.05, 4.69) is 20.3 Å². The second-order valence-corrected chi connectivity index (χ2v) is 8.01. The maximum atomic E-state index is 12.2. The quantitative estimate of drug-likeness (QED) is 0.807. The van der Waals surface area contributed by atoms with Gasteiger partial charge < -0.3 is 24.1 Å². The molecular formula is C18H21F3N4O4. The van der Waals surface area contributed by atoms with Crippen molar-refractivity contribution >= 4 is 12.1 Å². The molecule has 3 rings (SSSR count). The van der Waals surface area contributed by atoms with Crippen molar-refractivity contribution in [2.24, 2.45) is 0 Å². The lowest BCUT2D eigenvalue weighted by molar-refractivity contribution is -0.274. The number of likely N-dealkylation sites (tertiary alicyclic amines) is 1. The summed E-state index contributed by atoms with van der Waals surface area (Å²) < 4.78 is 51.3. The minimum Gasteiger partial charge on any atom is -0.444 e. The van der Waals surface area contributed by atoms with E-state index in [0.717, 1.165) is 12.1 Å². The lowest BCUT2D eigenvalue weighted by Crippen LogP contribution is -2.66. The van der Waals surface area contributed by atoms with Gasteiger partial charge in [-0.05, 0) is 52.0 Å². The number of carbonyl (C=O) groups is 1. The number of nitrogens with zero attached hydrogens (tertiary/aromatic N) is 3. The number of aromatic nitrogens is 2. The Bertz CT molecular complexity index is 868. The Balaban J connectivity index is 1.58. The van der Waals surface area contributed by atoms with Crippen LogP contribution in [0.25, 0.3) is 11.5 Å². The van der Waals surface area contributed by atoms with Crippen molar-refractivity contribution in [2.45, 2.75) is 45.2 Å². The van der Waals surface area contributed by atoms with Crippen LogP contribution in [-0.2, 0) is 4.74 Å². The minimum absolute atomic E-state index is 0.137. The van der Waals surface area contributed by atoms with E-state index in [1.807, 2.05) is 6.92 Å². The summed E-state index contributed by atoms with van der Waals surface area (Å²) in [5.41, 5.74) is -0.599. The standard InChI is InChI=1S/C18H21F3N4O4/c1-16(2,3)29-15(26)25-9-17(4,10-25)22-14-24-23-13(27-14)11-5-7-12(8-6-11)28-18(19,20)21/h5-8H,9-10H2,1-4H3,(H,22,24). The van der Waals surface area contributed by atoms with Crippen LogP contribution in [-0.4, -0.2) is 51.8 Å². The third kappa shape index (κ3) is 5.52. The summed E-state index contributed by atoms with van der Waals surface area (Å²) in [6.07, 6.45) is -5.15. The number of anilines is 1. The molecule has 1 N–H and O–H groups in total. The zero-order chi connectivity index (χ0) is 21.4. The molecule has 1 aliphatic rings. The maximum absolute atomic E-state index is 12.2. The van der Waals surface area contributed by atoms with Crippen molar-refractivity contribution in [1.29, 1.82) is 0 Å². The average molecular weight is 414 g/mol. The molecule has 158 valence electrons. The van der Waals surface area contributed by atoms with Gasteiger partial charge in [-0.1, -0.05) is 5.10 Å². The van der Waals surface area contributed by atoms with E-state index < -0.39 is 23.6 Å². The van der Waals surface area contributed by atoms with Crippen LogP contribution in [0, 0.1) is 0 Å². The van der Waals surface area contributed by atoms with Crippen molar-refractivity contribution in [3.63, 3.8) is 0 Å². The van der Waals surface area contributed by atoms with Gasteiger partial charge in [-0.25, -0.2) is 4.79 Å². The van der Waals surface area contributed by atoms with Crippen molar-refractivity contribution in [2.75, 3.05) is 18.4 Å². The van der Waals surface area contributed by atoms with Gasteiger partial charge in [-0.2, -0.15) is 0 Å². The number of hydrogen-bond acceptors (Lipinski definition) is 7. The third-order valence-corrected chi connectivity index (χ3v) is 3.90. The summed E-state index contributed by atoms with van der Waals surface area (Å²) in [5, 5.41) is 10.9. The van der Waals surface area contributed by atoms with Crippen LogP contribution in [0.1, 0.15) is 27.7 Å². The zero-order valence-electron chi connectivity index (χ0n) is 16.3. The fraction of sp³-hybridized carbons (Fsp3) is 0.500. The van der Waals surface area contributed by atoms with Crippen LogP contribution in [0.2, 0.25) is 0 Å². The Morgan fingerprint density at radius 1 is 1.17 bits per heavy atom. The first-order valence-corrected chi connectivity index (χ1v) is 8.78. The first-order chi connectivity index (χ1) is 13.3. The highest BCUT2D eigenvalue weighted by Crippen LogP contribution is 2.29. The summed E-state index contributed by atoms with van der Waals surface area (Å²) in [6.45, 7) is 8.06. The first-order valence-electron chi connectivity index (χ1n) is 8.78. The summed E-state index contributed by atoms with van der Waals surface area (Å²) in [6, 6.07) is 5.22. The van der Waals surface area contributed by atoms with E-state index in [1.54, 1.807) is 25.7 Å². The summed E-state index contributed by atoms with van der Waals surface area (Å²) in [5.74, 6) is -0.207. The molecule has 2 heterocycles. The Hall–Kier alpha value is -2.98. The van der Waals surface area contributed by atoms with Crippen LogP contribution in [0.5, 0.6) is 5.75 Å². The van der Waals surface area contributed by atoms with E-state index in [0.29, 0.717) is 18.7 Å². The van der Waals surface area contributed by atoms with Gasteiger partial charge in [-0.3, -0.25) is 0 Å². The molecule has 1 amide bonds. The number of amides is 1. The number of benzene rings is 1. The SMILES string of the molecule is CC1(Nc2nnc(-c3ccc(OC(F)(F)F)cc3)o2)CN(C(=O)OC(C)(C)C)C1. The molecule has 1 aliphatic heterocycles. The molecule has 0 radical (unpaired) electrons. The fourth-order valence-corrected chi connectivity index (χ4v) is 2.78. The largest absolute Gasteiger partial charge is 0.573 e. The number of ether oxygens (including phenoxy) is 2. The molecule has 8 nitrogen and oxygen atoms in total. The number of hydrogen-bond donors (Lipinski definition) is 1. The highest BCUT2D eigenvalue weighted by Gasteiger charge is 2.44. The molecule has 11 heteroatoms. The van der Waals surface area contributed by atoms with Crippen molar-refractivity contribution in [3.05, 3.63) is 24.3 Å². The van der Waals surface area contributed by atoms with Crippen LogP contribution >= 0.6 is 0 Å². The van der Waals surface area contributed by atoms with Crippen LogP contribution in [0.3, 0.4) is 0 Å². The third-order valence-electron chi connectivity index (χ3n) is 3.90. The Morgan fingerprint density at radius 2 is 1.79 bits per heavy atom. The molecule has 0 saturated carbocycles. The molecule has 0 spiro atoms. The van der Waals surface area contributed by atoms with E-state index >= 15 is 0 Å². The van der Waals surface area contributed by atoms with Crippen molar-refractivity contribution < 1.29 is 31.9 Å². The Morgan fingerprint density at radius 3 is 2.34 bits per heavy atom. The Labute approximate surface area is 165 Å². The summed E-state index contributed by atoms with van der Waals surface area (Å²) >= 11 is 0. The predicted octanol–water partition coefficient (Wildman–Crippen LogP) is 4.06. The van der Waals surface area contributed by atoms with E-state index in [4.69, 9.17) is 9.15 Å².